The van der Waals surface area contributed by atoms with Crippen LogP contribution in [0.2, 0.25) is 0 Å². The van der Waals surface area contributed by atoms with E-state index in [-0.39, 0.29) is 5.41 Å². The van der Waals surface area contributed by atoms with Gasteiger partial charge in [0.25, 0.3) is 0 Å². The molecule has 0 fully saturated rings. The fourth-order valence-electron chi connectivity index (χ4n) is 2.86. The Balaban J connectivity index is 5.11. The van der Waals surface area contributed by atoms with Crippen molar-refractivity contribution in [2.75, 3.05) is 5.88 Å². The van der Waals surface area contributed by atoms with E-state index in [9.17, 15) is 5.11 Å². The van der Waals surface area contributed by atoms with Gasteiger partial charge < -0.3 is 5.11 Å². The van der Waals surface area contributed by atoms with E-state index in [1.54, 1.807) is 6.08 Å². The highest BCUT2D eigenvalue weighted by atomic mass is 35.5. The fourth-order valence-corrected chi connectivity index (χ4v) is 3.09. The third kappa shape index (κ3) is 6.11. The van der Waals surface area contributed by atoms with Gasteiger partial charge in [0, 0.05) is 12.0 Å². The Bertz CT molecular complexity index is 370. The zero-order valence-corrected chi connectivity index (χ0v) is 14.0. The molecule has 0 saturated carbocycles. The van der Waals surface area contributed by atoms with Crippen molar-refractivity contribution in [1.82, 2.24) is 0 Å². The van der Waals surface area contributed by atoms with Gasteiger partial charge in [-0.25, -0.2) is 0 Å². The molecule has 3 heteroatoms. The maximum Gasteiger partial charge on any atom is 0.0908 e. The van der Waals surface area contributed by atoms with Crippen LogP contribution < -0.4 is 0 Å². The molecular formula is C17H28ClNO. The van der Waals surface area contributed by atoms with E-state index in [1.165, 1.54) is 0 Å². The second-order valence-electron chi connectivity index (χ2n) is 6.20. The van der Waals surface area contributed by atoms with Gasteiger partial charge >= 0.3 is 0 Å². The molecule has 0 radical (unpaired) electrons. The summed E-state index contributed by atoms with van der Waals surface area (Å²) >= 11 is 5.94. The number of allylic oxidation sites excluding steroid dienone is 2. The second kappa shape index (κ2) is 9.21. The average Bonchev–Trinajstić information content (AvgIpc) is 2.39. The van der Waals surface area contributed by atoms with Gasteiger partial charge in [-0.05, 0) is 43.4 Å². The number of hydrogen-bond acceptors (Lipinski definition) is 2. The van der Waals surface area contributed by atoms with E-state index in [2.05, 4.69) is 33.4 Å². The Labute approximate surface area is 129 Å². The molecule has 1 unspecified atom stereocenters. The fraction of sp³-hybridized carbons (Fsp3) is 0.706. The van der Waals surface area contributed by atoms with Crippen LogP contribution in [0.3, 0.4) is 0 Å². The van der Waals surface area contributed by atoms with Crippen molar-refractivity contribution < 1.29 is 5.11 Å². The van der Waals surface area contributed by atoms with Crippen molar-refractivity contribution in [1.29, 1.82) is 5.26 Å². The zero-order chi connectivity index (χ0) is 15.8. The van der Waals surface area contributed by atoms with Gasteiger partial charge in [-0.15, -0.1) is 11.6 Å². The minimum atomic E-state index is -0.478. The van der Waals surface area contributed by atoms with Crippen LogP contribution >= 0.6 is 11.6 Å². The first kappa shape index (κ1) is 19.2. The third-order valence-electron chi connectivity index (χ3n) is 4.14. The molecule has 0 bridgehead atoms. The summed E-state index contributed by atoms with van der Waals surface area (Å²) in [6.45, 7) is 12.2. The highest BCUT2D eigenvalue weighted by Gasteiger charge is 2.33. The number of aliphatic hydroxyl groups excluding tert-OH is 1. The maximum absolute atomic E-state index is 9.95. The molecule has 0 aliphatic carbocycles. The van der Waals surface area contributed by atoms with E-state index in [4.69, 9.17) is 16.9 Å². The van der Waals surface area contributed by atoms with Gasteiger partial charge in [0.15, 0.2) is 0 Å². The first-order valence-electron chi connectivity index (χ1n) is 7.25. The number of nitriles is 1. The van der Waals surface area contributed by atoms with Gasteiger partial charge in [-0.1, -0.05) is 39.0 Å². The number of halogens is 1. The lowest BCUT2D eigenvalue weighted by molar-refractivity contribution is 0.131. The Morgan fingerprint density at radius 2 is 2.05 bits per heavy atom. The van der Waals surface area contributed by atoms with Crippen LogP contribution in [0.25, 0.3) is 0 Å². The molecule has 3 atom stereocenters. The maximum atomic E-state index is 9.95. The van der Waals surface area contributed by atoms with Gasteiger partial charge in [0.2, 0.25) is 0 Å². The van der Waals surface area contributed by atoms with Crippen LogP contribution in [-0.4, -0.2) is 17.1 Å². The van der Waals surface area contributed by atoms with Crippen LogP contribution in [0.5, 0.6) is 0 Å². The molecule has 0 aliphatic heterocycles. The minimum Gasteiger partial charge on any atom is -0.389 e. The Hall–Kier alpha value is -0.780. The molecular weight excluding hydrogens is 270 g/mol. The summed E-state index contributed by atoms with van der Waals surface area (Å²) in [6.07, 6.45) is 5.45. The van der Waals surface area contributed by atoms with Crippen LogP contribution in [0.4, 0.5) is 0 Å². The summed E-state index contributed by atoms with van der Waals surface area (Å²) in [4.78, 5) is 0. The largest absolute Gasteiger partial charge is 0.389 e. The molecule has 0 aromatic rings. The smallest absolute Gasteiger partial charge is 0.0908 e. The van der Waals surface area contributed by atoms with Crippen LogP contribution in [0.1, 0.15) is 47.0 Å². The number of aliphatic hydroxyl groups is 1. The summed E-state index contributed by atoms with van der Waals surface area (Å²) in [5.41, 5.74) is 0.657. The summed E-state index contributed by atoms with van der Waals surface area (Å²) in [5.74, 6) is 1.48. The predicted molar refractivity (Wildman–Crippen MR) is 86.6 cm³/mol. The molecule has 0 spiro atoms. The number of alkyl halides is 1. The highest BCUT2D eigenvalue weighted by molar-refractivity contribution is 6.17. The summed E-state index contributed by atoms with van der Waals surface area (Å²) in [5, 5.41) is 18.8. The predicted octanol–water partition coefficient (Wildman–Crippen LogP) is 4.69. The second-order valence-corrected chi connectivity index (χ2v) is 6.58. The van der Waals surface area contributed by atoms with Gasteiger partial charge in [0.05, 0.1) is 12.2 Å². The van der Waals surface area contributed by atoms with Crippen LogP contribution in [0, 0.1) is 28.6 Å². The number of hydrogen-bond donors (Lipinski definition) is 1. The van der Waals surface area contributed by atoms with E-state index in [0.29, 0.717) is 24.1 Å². The molecule has 20 heavy (non-hydrogen) atoms. The molecule has 0 aromatic heterocycles. The quantitative estimate of drug-likeness (QED) is 0.381. The molecule has 0 rings (SSSR count). The van der Waals surface area contributed by atoms with E-state index >= 15 is 0 Å². The van der Waals surface area contributed by atoms with Gasteiger partial charge in [0.1, 0.15) is 0 Å². The van der Waals surface area contributed by atoms with Crippen molar-refractivity contribution in [3.63, 3.8) is 0 Å². The topological polar surface area (TPSA) is 44.0 Å². The van der Waals surface area contributed by atoms with Crippen molar-refractivity contribution in [3.8, 4) is 6.07 Å². The lowest BCUT2D eigenvalue weighted by Gasteiger charge is -2.38. The van der Waals surface area contributed by atoms with E-state index in [0.717, 1.165) is 18.4 Å². The highest BCUT2D eigenvalue weighted by Crippen LogP contribution is 2.41. The molecule has 0 aromatic carbocycles. The van der Waals surface area contributed by atoms with Crippen molar-refractivity contribution in [2.45, 2.75) is 53.1 Å². The van der Waals surface area contributed by atoms with Crippen LogP contribution in [-0.2, 0) is 0 Å². The van der Waals surface area contributed by atoms with Gasteiger partial charge in [-0.3, -0.25) is 0 Å². The first-order valence-corrected chi connectivity index (χ1v) is 7.78. The molecule has 0 saturated heterocycles. The monoisotopic (exact) mass is 297 g/mol. The van der Waals surface area contributed by atoms with Gasteiger partial charge in [-0.2, -0.15) is 5.26 Å². The lowest BCUT2D eigenvalue weighted by atomic mass is 9.67. The number of rotatable bonds is 9. The Kier molecular flexibility index (Phi) is 8.85. The molecule has 2 nitrogen and oxygen atoms in total. The lowest BCUT2D eigenvalue weighted by Crippen LogP contribution is -2.31. The van der Waals surface area contributed by atoms with E-state index in [1.807, 2.05) is 13.0 Å². The Morgan fingerprint density at radius 1 is 1.45 bits per heavy atom. The first-order chi connectivity index (χ1) is 9.28. The summed E-state index contributed by atoms with van der Waals surface area (Å²) in [6, 6.07) is 2.08. The minimum absolute atomic E-state index is 0.130. The molecule has 0 aliphatic rings. The van der Waals surface area contributed by atoms with Crippen molar-refractivity contribution in [3.05, 3.63) is 24.3 Å². The standard InChI is InChI=1S/C17H28ClNO/c1-13(2)15(8-11-18)17(5,9-6-12-19)10-7-16(20)14(3)4/h6,9,13,15-16,20H,3,7-8,10-11H2,1-2,4-5H3/b9-6+/t15-,16?,17+/m1/s1. The Morgan fingerprint density at radius 3 is 2.45 bits per heavy atom. The molecule has 1 N–H and O–H groups in total. The normalized spacial score (nSPS) is 17.7. The SMILES string of the molecule is C=C(C)C(O)CC[C@](C)(/C=C/C#N)[C@H](CCCl)C(C)C. The van der Waals surface area contributed by atoms with Crippen molar-refractivity contribution >= 4 is 11.6 Å². The number of nitrogens with zero attached hydrogens (tertiary/aromatic N) is 1. The van der Waals surface area contributed by atoms with Crippen molar-refractivity contribution in [2.24, 2.45) is 17.3 Å². The molecule has 114 valence electrons. The molecule has 0 heterocycles. The zero-order valence-electron chi connectivity index (χ0n) is 13.2. The van der Waals surface area contributed by atoms with Crippen LogP contribution in [0.15, 0.2) is 24.3 Å². The van der Waals surface area contributed by atoms with E-state index < -0.39 is 6.10 Å². The average molecular weight is 298 g/mol. The summed E-state index contributed by atoms with van der Waals surface area (Å²) in [7, 11) is 0. The molecule has 0 amide bonds. The third-order valence-corrected chi connectivity index (χ3v) is 4.35. The summed E-state index contributed by atoms with van der Waals surface area (Å²) < 4.78 is 0.